The van der Waals surface area contributed by atoms with Gasteiger partial charge in [0.25, 0.3) is 0 Å². The lowest BCUT2D eigenvalue weighted by molar-refractivity contribution is 0.865. The van der Waals surface area contributed by atoms with E-state index in [9.17, 15) is 0 Å². The number of benzene rings is 1. The van der Waals surface area contributed by atoms with Crippen molar-refractivity contribution in [2.24, 2.45) is 0 Å². The second-order valence-corrected chi connectivity index (χ2v) is 7.17. The van der Waals surface area contributed by atoms with Crippen molar-refractivity contribution < 1.29 is 0 Å². The summed E-state index contributed by atoms with van der Waals surface area (Å²) < 4.78 is 0. The molecular formula is C17H15Cl2N3S. The van der Waals surface area contributed by atoms with E-state index in [1.165, 1.54) is 5.56 Å². The number of thiazole rings is 1. The van der Waals surface area contributed by atoms with Gasteiger partial charge in [-0.1, -0.05) is 37.0 Å². The summed E-state index contributed by atoms with van der Waals surface area (Å²) in [6.45, 7) is 4.33. The average Bonchev–Trinajstić information content (AvgIpc) is 2.94. The van der Waals surface area contributed by atoms with Crippen molar-refractivity contribution >= 4 is 46.0 Å². The smallest absolute Gasteiger partial charge is 0.142 e. The van der Waals surface area contributed by atoms with Gasteiger partial charge in [0.05, 0.1) is 0 Å². The van der Waals surface area contributed by atoms with Crippen LogP contribution in [-0.4, -0.2) is 9.97 Å². The van der Waals surface area contributed by atoms with Gasteiger partial charge >= 0.3 is 0 Å². The van der Waals surface area contributed by atoms with E-state index in [1.807, 2.05) is 36.0 Å². The Hall–Kier alpha value is -1.62. The van der Waals surface area contributed by atoms with Crippen LogP contribution in [0.15, 0.2) is 42.0 Å². The number of hydrogen-bond acceptors (Lipinski definition) is 4. The number of rotatable bonds is 4. The highest BCUT2D eigenvalue weighted by molar-refractivity contribution is 7.13. The molecule has 3 aromatic rings. The predicted octanol–water partition coefficient (Wildman–Crippen LogP) is 6.38. The first-order chi connectivity index (χ1) is 11.0. The van der Waals surface area contributed by atoms with Crippen LogP contribution in [0.1, 0.15) is 25.3 Å². The van der Waals surface area contributed by atoms with Gasteiger partial charge in [0, 0.05) is 39.1 Å². The molecule has 2 aromatic heterocycles. The number of aromatic nitrogens is 2. The molecule has 0 bridgehead atoms. The van der Waals surface area contributed by atoms with Crippen molar-refractivity contribution in [2.45, 2.75) is 19.8 Å². The first kappa shape index (κ1) is 16.2. The maximum atomic E-state index is 6.02. The second-order valence-electron chi connectivity index (χ2n) is 5.44. The van der Waals surface area contributed by atoms with Crippen LogP contribution in [0.3, 0.4) is 0 Å². The third-order valence-corrected chi connectivity index (χ3v) is 4.66. The van der Waals surface area contributed by atoms with Gasteiger partial charge in [0.1, 0.15) is 10.8 Å². The minimum atomic E-state index is 0.417. The fourth-order valence-corrected chi connectivity index (χ4v) is 3.63. The van der Waals surface area contributed by atoms with E-state index in [1.54, 1.807) is 17.4 Å². The van der Waals surface area contributed by atoms with E-state index in [4.69, 9.17) is 23.2 Å². The van der Waals surface area contributed by atoms with Crippen molar-refractivity contribution in [3.05, 3.63) is 57.6 Å². The predicted molar refractivity (Wildman–Crippen MR) is 99.2 cm³/mol. The van der Waals surface area contributed by atoms with E-state index in [-0.39, 0.29) is 0 Å². The highest BCUT2D eigenvalue weighted by Crippen LogP contribution is 2.33. The van der Waals surface area contributed by atoms with E-state index in [0.29, 0.717) is 16.0 Å². The van der Waals surface area contributed by atoms with Crippen LogP contribution in [0, 0.1) is 0 Å². The van der Waals surface area contributed by atoms with Crippen LogP contribution in [-0.2, 0) is 0 Å². The summed E-state index contributed by atoms with van der Waals surface area (Å²) in [5.41, 5.74) is 3.13. The van der Waals surface area contributed by atoms with Crippen molar-refractivity contribution in [1.29, 1.82) is 0 Å². The summed E-state index contributed by atoms with van der Waals surface area (Å²) in [6.07, 6.45) is 3.69. The molecule has 0 spiro atoms. The third-order valence-electron chi connectivity index (χ3n) is 3.35. The van der Waals surface area contributed by atoms with Gasteiger partial charge in [-0.2, -0.15) is 0 Å². The zero-order valence-corrected chi connectivity index (χ0v) is 15.0. The molecule has 0 aliphatic carbocycles. The molecule has 2 heterocycles. The molecule has 3 rings (SSSR count). The van der Waals surface area contributed by atoms with Gasteiger partial charge in [-0.3, -0.25) is 4.98 Å². The lowest BCUT2D eigenvalue weighted by atomic mass is 10.00. The van der Waals surface area contributed by atoms with Crippen LogP contribution >= 0.6 is 34.5 Å². The molecule has 1 aromatic carbocycles. The summed E-state index contributed by atoms with van der Waals surface area (Å²) in [6, 6.07) is 7.38. The normalized spacial score (nSPS) is 11.0. The zero-order chi connectivity index (χ0) is 16.4. The molecule has 0 fully saturated rings. The van der Waals surface area contributed by atoms with Crippen LogP contribution in [0.25, 0.3) is 10.6 Å². The SMILES string of the molecule is CC(C)c1ccncc1-c1nc(Nc2cc(Cl)cc(Cl)c2)cs1. The number of anilines is 2. The zero-order valence-electron chi connectivity index (χ0n) is 12.7. The molecular weight excluding hydrogens is 349 g/mol. The monoisotopic (exact) mass is 363 g/mol. The number of nitrogens with one attached hydrogen (secondary N) is 1. The summed E-state index contributed by atoms with van der Waals surface area (Å²) in [5.74, 6) is 1.18. The van der Waals surface area contributed by atoms with E-state index >= 15 is 0 Å². The Morgan fingerprint density at radius 1 is 1.13 bits per heavy atom. The molecule has 0 aliphatic rings. The fourth-order valence-electron chi connectivity index (χ4n) is 2.32. The van der Waals surface area contributed by atoms with E-state index < -0.39 is 0 Å². The second kappa shape index (κ2) is 6.87. The molecule has 6 heteroatoms. The van der Waals surface area contributed by atoms with Crippen LogP contribution < -0.4 is 5.32 Å². The van der Waals surface area contributed by atoms with Gasteiger partial charge in [-0.25, -0.2) is 4.98 Å². The summed E-state index contributed by atoms with van der Waals surface area (Å²) in [4.78, 5) is 8.89. The van der Waals surface area contributed by atoms with E-state index in [0.717, 1.165) is 22.1 Å². The molecule has 0 atom stereocenters. The maximum absolute atomic E-state index is 6.02. The van der Waals surface area contributed by atoms with Crippen molar-refractivity contribution in [3.63, 3.8) is 0 Å². The summed E-state index contributed by atoms with van der Waals surface area (Å²) in [7, 11) is 0. The van der Waals surface area contributed by atoms with Crippen LogP contribution in [0.2, 0.25) is 10.0 Å². The maximum Gasteiger partial charge on any atom is 0.142 e. The number of halogens is 2. The van der Waals surface area contributed by atoms with Crippen molar-refractivity contribution in [3.8, 4) is 10.6 Å². The minimum absolute atomic E-state index is 0.417. The molecule has 0 unspecified atom stereocenters. The fraction of sp³-hybridized carbons (Fsp3) is 0.176. The number of hydrogen-bond donors (Lipinski definition) is 1. The van der Waals surface area contributed by atoms with Gasteiger partial charge in [0.2, 0.25) is 0 Å². The van der Waals surface area contributed by atoms with Gasteiger partial charge in [0.15, 0.2) is 0 Å². The first-order valence-electron chi connectivity index (χ1n) is 7.16. The Morgan fingerprint density at radius 2 is 1.87 bits per heavy atom. The van der Waals surface area contributed by atoms with Gasteiger partial charge in [-0.05, 0) is 35.7 Å². The Labute approximate surface area is 149 Å². The Bertz CT molecular complexity index is 810. The van der Waals surface area contributed by atoms with Crippen molar-refractivity contribution in [1.82, 2.24) is 9.97 Å². The Morgan fingerprint density at radius 3 is 2.57 bits per heavy atom. The molecule has 118 valence electrons. The quantitative estimate of drug-likeness (QED) is 0.584. The summed E-state index contributed by atoms with van der Waals surface area (Å²) >= 11 is 13.6. The lowest BCUT2D eigenvalue weighted by Gasteiger charge is -2.09. The van der Waals surface area contributed by atoms with Crippen molar-refractivity contribution in [2.75, 3.05) is 5.32 Å². The lowest BCUT2D eigenvalue weighted by Crippen LogP contribution is -1.94. The number of pyridine rings is 1. The summed E-state index contributed by atoms with van der Waals surface area (Å²) in [5, 5.41) is 7.33. The Balaban J connectivity index is 1.89. The van der Waals surface area contributed by atoms with Crippen LogP contribution in [0.5, 0.6) is 0 Å². The molecule has 23 heavy (non-hydrogen) atoms. The molecule has 0 amide bonds. The molecule has 1 N–H and O–H groups in total. The standard InChI is InChI=1S/C17H15Cl2N3S/c1-10(2)14-3-4-20-8-15(14)17-22-16(9-23-17)21-13-6-11(18)5-12(19)7-13/h3-10,21H,1-2H3. The highest BCUT2D eigenvalue weighted by Gasteiger charge is 2.12. The van der Waals surface area contributed by atoms with Gasteiger partial charge < -0.3 is 5.32 Å². The molecule has 0 radical (unpaired) electrons. The average molecular weight is 364 g/mol. The first-order valence-corrected chi connectivity index (χ1v) is 8.79. The molecule has 0 saturated heterocycles. The topological polar surface area (TPSA) is 37.8 Å². The third kappa shape index (κ3) is 3.83. The Kier molecular flexibility index (Phi) is 4.85. The van der Waals surface area contributed by atoms with E-state index in [2.05, 4.69) is 29.1 Å². The highest BCUT2D eigenvalue weighted by atomic mass is 35.5. The molecule has 3 nitrogen and oxygen atoms in total. The van der Waals surface area contributed by atoms with Gasteiger partial charge in [-0.15, -0.1) is 11.3 Å². The minimum Gasteiger partial charge on any atom is -0.339 e. The largest absolute Gasteiger partial charge is 0.339 e. The molecule has 0 saturated carbocycles. The van der Waals surface area contributed by atoms with Crippen LogP contribution in [0.4, 0.5) is 11.5 Å². The number of nitrogens with zero attached hydrogens (tertiary/aromatic N) is 2. The molecule has 0 aliphatic heterocycles.